The van der Waals surface area contributed by atoms with E-state index in [9.17, 15) is 26.3 Å². The largest absolute Gasteiger partial charge is 0.392 e. The van der Waals surface area contributed by atoms with Gasteiger partial charge in [0.25, 0.3) is 0 Å². The minimum atomic E-state index is -5.52. The van der Waals surface area contributed by atoms with E-state index in [-0.39, 0.29) is 0 Å². The SMILES string of the molecule is CNSC(F)(F)C(F)(F)C(F)(F)S. The Balaban J connectivity index is 4.81. The smallest absolute Gasteiger partial charge is 0.262 e. The molecule has 1 N–H and O–H groups in total. The number of hydrogen-bond donors (Lipinski definition) is 2. The van der Waals surface area contributed by atoms with Crippen LogP contribution in [0.5, 0.6) is 0 Å². The molecule has 0 aromatic heterocycles. The molecule has 80 valence electrons. The molecule has 0 bridgehead atoms. The van der Waals surface area contributed by atoms with Crippen molar-refractivity contribution in [3.8, 4) is 0 Å². The highest BCUT2D eigenvalue weighted by molar-refractivity contribution is 7.98. The van der Waals surface area contributed by atoms with Crippen molar-refractivity contribution < 1.29 is 26.3 Å². The molecule has 0 amide bonds. The Morgan fingerprint density at radius 2 is 1.46 bits per heavy atom. The zero-order valence-corrected chi connectivity index (χ0v) is 7.83. The van der Waals surface area contributed by atoms with Gasteiger partial charge in [-0.25, -0.2) is 0 Å². The van der Waals surface area contributed by atoms with Gasteiger partial charge in [-0.05, 0) is 7.05 Å². The first kappa shape index (κ1) is 13.2. The standard InChI is InChI=1S/C4H5F6NS2/c1-11-13-4(9,10)2(5,6)3(7,8)12/h11-12H,1H3. The average molecular weight is 245 g/mol. The van der Waals surface area contributed by atoms with Gasteiger partial charge in [0.05, 0.1) is 0 Å². The van der Waals surface area contributed by atoms with Gasteiger partial charge in [0.1, 0.15) is 0 Å². The topological polar surface area (TPSA) is 12.0 Å². The molecule has 0 aliphatic rings. The van der Waals surface area contributed by atoms with Gasteiger partial charge >= 0.3 is 16.4 Å². The van der Waals surface area contributed by atoms with Gasteiger partial charge < -0.3 is 0 Å². The molecule has 0 radical (unpaired) electrons. The van der Waals surface area contributed by atoms with Crippen LogP contribution in [-0.4, -0.2) is 23.5 Å². The lowest BCUT2D eigenvalue weighted by Crippen LogP contribution is -2.50. The summed E-state index contributed by atoms with van der Waals surface area (Å²) in [6.07, 6.45) is 0. The second-order valence-corrected chi connectivity index (χ2v) is 3.63. The Hall–Kier alpha value is 0.240. The molecule has 0 saturated heterocycles. The van der Waals surface area contributed by atoms with Crippen LogP contribution in [-0.2, 0) is 0 Å². The molecule has 0 aliphatic heterocycles. The second kappa shape index (κ2) is 3.77. The van der Waals surface area contributed by atoms with Crippen LogP contribution in [0.1, 0.15) is 0 Å². The minimum absolute atomic E-state index is 0.795. The summed E-state index contributed by atoms with van der Waals surface area (Å²) in [5.74, 6) is -5.52. The van der Waals surface area contributed by atoms with Crippen LogP contribution in [0.15, 0.2) is 0 Å². The number of hydrogen-bond acceptors (Lipinski definition) is 3. The Morgan fingerprint density at radius 1 is 1.08 bits per heavy atom. The fourth-order valence-electron chi connectivity index (χ4n) is 0.367. The van der Waals surface area contributed by atoms with E-state index >= 15 is 0 Å². The highest BCUT2D eigenvalue weighted by atomic mass is 32.2. The molecule has 0 saturated carbocycles. The molecule has 0 aliphatic carbocycles. The van der Waals surface area contributed by atoms with Gasteiger partial charge in [-0.2, -0.15) is 26.3 Å². The molecule has 0 fully saturated rings. The lowest BCUT2D eigenvalue weighted by Gasteiger charge is -2.28. The maximum atomic E-state index is 12.3. The van der Waals surface area contributed by atoms with Crippen molar-refractivity contribution in [2.24, 2.45) is 0 Å². The fourth-order valence-corrected chi connectivity index (χ4v) is 1.10. The number of alkyl halides is 6. The van der Waals surface area contributed by atoms with Crippen molar-refractivity contribution in [1.82, 2.24) is 4.72 Å². The zero-order chi connectivity index (χ0) is 10.9. The molecule has 9 heteroatoms. The molecule has 0 rings (SSSR count). The van der Waals surface area contributed by atoms with E-state index in [0.717, 1.165) is 7.05 Å². The van der Waals surface area contributed by atoms with E-state index < -0.39 is 28.4 Å². The van der Waals surface area contributed by atoms with E-state index in [0.29, 0.717) is 0 Å². The molecule has 1 nitrogen and oxygen atoms in total. The number of rotatable bonds is 4. The van der Waals surface area contributed by atoms with Crippen LogP contribution in [0.2, 0.25) is 0 Å². The van der Waals surface area contributed by atoms with Crippen LogP contribution >= 0.6 is 24.6 Å². The lowest BCUT2D eigenvalue weighted by molar-refractivity contribution is -0.236. The summed E-state index contributed by atoms with van der Waals surface area (Å²) in [6, 6.07) is 0. The van der Waals surface area contributed by atoms with Gasteiger partial charge in [-0.15, -0.1) is 0 Å². The van der Waals surface area contributed by atoms with E-state index in [1.165, 1.54) is 0 Å². The Bertz CT molecular complexity index is 178. The van der Waals surface area contributed by atoms with Crippen molar-refractivity contribution >= 4 is 24.6 Å². The molecule has 0 aromatic carbocycles. The normalized spacial score (nSPS) is 14.8. The van der Waals surface area contributed by atoms with Crippen molar-refractivity contribution in [2.45, 2.75) is 16.4 Å². The minimum Gasteiger partial charge on any atom is -0.262 e. The van der Waals surface area contributed by atoms with Crippen LogP contribution < -0.4 is 4.72 Å². The first-order valence-electron chi connectivity index (χ1n) is 2.77. The molecular formula is C4H5F6NS2. The third-order valence-corrected chi connectivity index (χ3v) is 1.97. The Kier molecular flexibility index (Phi) is 3.84. The van der Waals surface area contributed by atoms with Crippen LogP contribution in [0.25, 0.3) is 0 Å². The number of thiol groups is 1. The van der Waals surface area contributed by atoms with Gasteiger partial charge in [0.2, 0.25) is 0 Å². The van der Waals surface area contributed by atoms with E-state index in [4.69, 9.17) is 0 Å². The third-order valence-electron chi connectivity index (χ3n) is 0.974. The summed E-state index contributed by atoms with van der Waals surface area (Å²) in [6.45, 7) is 0. The average Bonchev–Trinajstić information content (AvgIpc) is 1.84. The summed E-state index contributed by atoms with van der Waals surface area (Å²) >= 11 is 1.32. The molecule has 0 aromatic rings. The van der Waals surface area contributed by atoms with Crippen molar-refractivity contribution in [3.05, 3.63) is 0 Å². The number of halogens is 6. The monoisotopic (exact) mass is 245 g/mol. The molecule has 0 heterocycles. The molecule has 0 unspecified atom stereocenters. The van der Waals surface area contributed by atoms with E-state index in [1.807, 2.05) is 0 Å². The molecular weight excluding hydrogens is 240 g/mol. The summed E-state index contributed by atoms with van der Waals surface area (Å²) in [7, 11) is 0.908. The summed E-state index contributed by atoms with van der Waals surface area (Å²) in [5.41, 5.74) is 0. The number of nitrogens with one attached hydrogen (secondary N) is 1. The first-order chi connectivity index (χ1) is 5.56. The van der Waals surface area contributed by atoms with Gasteiger partial charge in [-0.3, -0.25) is 4.72 Å². The maximum absolute atomic E-state index is 12.3. The van der Waals surface area contributed by atoms with Gasteiger partial charge in [-0.1, -0.05) is 12.6 Å². The summed E-state index contributed by atoms with van der Waals surface area (Å²) in [4.78, 5) is 0. The lowest BCUT2D eigenvalue weighted by atomic mass is 10.3. The zero-order valence-electron chi connectivity index (χ0n) is 6.12. The predicted octanol–water partition coefficient (Wildman–Crippen LogP) is 2.60. The maximum Gasteiger partial charge on any atom is 0.392 e. The van der Waals surface area contributed by atoms with Crippen LogP contribution in [0.4, 0.5) is 26.3 Å². The molecule has 0 spiro atoms. The highest BCUT2D eigenvalue weighted by Gasteiger charge is 2.70. The fraction of sp³-hybridized carbons (Fsp3) is 1.00. The van der Waals surface area contributed by atoms with Gasteiger partial charge in [0.15, 0.2) is 0 Å². The van der Waals surface area contributed by atoms with E-state index in [2.05, 4.69) is 12.6 Å². The quantitative estimate of drug-likeness (QED) is 0.448. The van der Waals surface area contributed by atoms with Crippen molar-refractivity contribution in [2.75, 3.05) is 7.05 Å². The molecule has 0 atom stereocenters. The first-order valence-corrected chi connectivity index (χ1v) is 4.03. The van der Waals surface area contributed by atoms with Crippen molar-refractivity contribution in [3.63, 3.8) is 0 Å². The second-order valence-electron chi connectivity index (χ2n) is 1.94. The molecule has 13 heavy (non-hydrogen) atoms. The third kappa shape index (κ3) is 2.59. The van der Waals surface area contributed by atoms with Crippen LogP contribution in [0.3, 0.4) is 0 Å². The summed E-state index contributed by atoms with van der Waals surface area (Å²) < 4.78 is 74.6. The summed E-state index contributed by atoms with van der Waals surface area (Å²) in [5, 5.41) is -9.99. The highest BCUT2D eigenvalue weighted by Crippen LogP contribution is 2.51. The van der Waals surface area contributed by atoms with Crippen molar-refractivity contribution in [1.29, 1.82) is 0 Å². The van der Waals surface area contributed by atoms with Gasteiger partial charge in [0, 0.05) is 11.9 Å². The predicted molar refractivity (Wildman–Crippen MR) is 40.5 cm³/mol. The van der Waals surface area contributed by atoms with Crippen LogP contribution in [0, 0.1) is 0 Å². The Labute approximate surface area is 79.8 Å². The van der Waals surface area contributed by atoms with E-state index in [1.54, 1.807) is 4.72 Å². The Morgan fingerprint density at radius 3 is 1.69 bits per heavy atom.